The fourth-order valence-corrected chi connectivity index (χ4v) is 3.94. The standard InChI is InChI=1S/C22H25N3O/c1-16-7-5-6-12-25(16)22-23-15-19-20(24-22)13-18(14-21(19)26)11-10-17-8-3-2-4-9-17/h2-4,8-11,15-16,18H,5-7,12-14H2,1H3/b11-10+/t16-,18-/m0/s1. The quantitative estimate of drug-likeness (QED) is 0.830. The second kappa shape index (κ2) is 7.40. The van der Waals surface area contributed by atoms with Crippen LogP contribution in [0.4, 0.5) is 5.95 Å². The molecule has 0 N–H and O–H groups in total. The summed E-state index contributed by atoms with van der Waals surface area (Å²) < 4.78 is 0. The number of piperidine rings is 1. The first-order chi connectivity index (χ1) is 12.7. The lowest BCUT2D eigenvalue weighted by Crippen LogP contribution is -2.39. The first-order valence-corrected chi connectivity index (χ1v) is 9.60. The topological polar surface area (TPSA) is 46.1 Å². The van der Waals surface area contributed by atoms with E-state index >= 15 is 0 Å². The van der Waals surface area contributed by atoms with E-state index in [0.717, 1.165) is 30.2 Å². The summed E-state index contributed by atoms with van der Waals surface area (Å²) in [7, 11) is 0. The Kier molecular flexibility index (Phi) is 4.83. The van der Waals surface area contributed by atoms with Gasteiger partial charge in [0.2, 0.25) is 5.95 Å². The Hall–Kier alpha value is -2.49. The van der Waals surface area contributed by atoms with Crippen LogP contribution in [-0.4, -0.2) is 28.3 Å². The summed E-state index contributed by atoms with van der Waals surface area (Å²) in [5.41, 5.74) is 2.78. The highest BCUT2D eigenvalue weighted by atomic mass is 16.1. The number of rotatable bonds is 3. The Morgan fingerprint density at radius 1 is 1.15 bits per heavy atom. The molecule has 1 saturated heterocycles. The van der Waals surface area contributed by atoms with Crippen LogP contribution in [0.1, 0.15) is 54.2 Å². The Balaban J connectivity index is 1.55. The zero-order valence-electron chi connectivity index (χ0n) is 15.3. The van der Waals surface area contributed by atoms with Crippen molar-refractivity contribution in [3.8, 4) is 0 Å². The number of fused-ring (bicyclic) bond motifs is 1. The molecule has 0 bridgehead atoms. The monoisotopic (exact) mass is 347 g/mol. The lowest BCUT2D eigenvalue weighted by Gasteiger charge is -2.34. The molecule has 134 valence electrons. The lowest BCUT2D eigenvalue weighted by molar-refractivity contribution is 0.0957. The summed E-state index contributed by atoms with van der Waals surface area (Å²) in [6.45, 7) is 3.24. The molecule has 4 rings (SSSR count). The Morgan fingerprint density at radius 2 is 2.00 bits per heavy atom. The molecule has 0 radical (unpaired) electrons. The highest BCUT2D eigenvalue weighted by Gasteiger charge is 2.27. The van der Waals surface area contributed by atoms with Crippen LogP contribution in [0.25, 0.3) is 6.08 Å². The van der Waals surface area contributed by atoms with Gasteiger partial charge >= 0.3 is 0 Å². The second-order valence-electron chi connectivity index (χ2n) is 7.43. The van der Waals surface area contributed by atoms with Crippen LogP contribution in [0.15, 0.2) is 42.6 Å². The molecular formula is C22H25N3O. The summed E-state index contributed by atoms with van der Waals surface area (Å²) in [6, 6.07) is 10.7. The third kappa shape index (κ3) is 3.55. The predicted octanol–water partition coefficient (Wildman–Crippen LogP) is 4.31. The van der Waals surface area contributed by atoms with Gasteiger partial charge in [-0.2, -0.15) is 0 Å². The number of hydrogen-bond donors (Lipinski definition) is 0. The van der Waals surface area contributed by atoms with Crippen molar-refractivity contribution in [3.63, 3.8) is 0 Å². The van der Waals surface area contributed by atoms with Gasteiger partial charge < -0.3 is 4.90 Å². The van der Waals surface area contributed by atoms with Crippen molar-refractivity contribution in [1.29, 1.82) is 0 Å². The SMILES string of the molecule is C[C@H]1CCCCN1c1ncc2c(n1)C[C@H](/C=C/c1ccccc1)CC2=O. The third-order valence-electron chi connectivity index (χ3n) is 5.48. The Morgan fingerprint density at radius 3 is 2.81 bits per heavy atom. The summed E-state index contributed by atoms with van der Waals surface area (Å²) in [5, 5.41) is 0. The lowest BCUT2D eigenvalue weighted by atomic mass is 9.86. The number of ketones is 1. The maximum absolute atomic E-state index is 12.5. The predicted molar refractivity (Wildman–Crippen MR) is 104 cm³/mol. The molecule has 2 atom stereocenters. The number of hydrogen-bond acceptors (Lipinski definition) is 4. The van der Waals surface area contributed by atoms with E-state index in [4.69, 9.17) is 4.98 Å². The fraction of sp³-hybridized carbons (Fsp3) is 0.409. The van der Waals surface area contributed by atoms with E-state index in [1.54, 1.807) is 6.20 Å². The van der Waals surface area contributed by atoms with Crippen LogP contribution in [0, 0.1) is 5.92 Å². The fourth-order valence-electron chi connectivity index (χ4n) is 3.94. The maximum atomic E-state index is 12.5. The molecule has 2 heterocycles. The van der Waals surface area contributed by atoms with Crippen LogP contribution in [0.5, 0.6) is 0 Å². The highest BCUT2D eigenvalue weighted by Crippen LogP contribution is 2.28. The van der Waals surface area contributed by atoms with Gasteiger partial charge in [-0.3, -0.25) is 4.79 Å². The van der Waals surface area contributed by atoms with E-state index in [0.29, 0.717) is 18.0 Å². The van der Waals surface area contributed by atoms with Gasteiger partial charge in [-0.15, -0.1) is 0 Å². The van der Waals surface area contributed by atoms with Crippen LogP contribution in [0.2, 0.25) is 0 Å². The van der Waals surface area contributed by atoms with E-state index in [9.17, 15) is 4.79 Å². The molecule has 2 aromatic rings. The number of nitrogens with zero attached hydrogens (tertiary/aromatic N) is 3. The number of benzene rings is 1. The average Bonchev–Trinajstić information content (AvgIpc) is 2.67. The minimum absolute atomic E-state index is 0.159. The van der Waals surface area contributed by atoms with Gasteiger partial charge in [0.1, 0.15) is 0 Å². The first kappa shape index (κ1) is 17.0. The smallest absolute Gasteiger partial charge is 0.225 e. The molecule has 0 amide bonds. The zero-order valence-corrected chi connectivity index (χ0v) is 15.3. The van der Waals surface area contributed by atoms with Gasteiger partial charge in [0.25, 0.3) is 0 Å². The maximum Gasteiger partial charge on any atom is 0.225 e. The van der Waals surface area contributed by atoms with E-state index in [1.165, 1.54) is 19.3 Å². The van der Waals surface area contributed by atoms with Crippen molar-refractivity contribution in [1.82, 2.24) is 9.97 Å². The number of carbonyl (C=O) groups excluding carboxylic acids is 1. The van der Waals surface area contributed by atoms with Crippen molar-refractivity contribution in [2.75, 3.05) is 11.4 Å². The Bertz CT molecular complexity index is 815. The van der Waals surface area contributed by atoms with Gasteiger partial charge in [-0.05, 0) is 44.1 Å². The summed E-state index contributed by atoms with van der Waals surface area (Å²) >= 11 is 0. The van der Waals surface area contributed by atoms with Gasteiger partial charge in [0, 0.05) is 25.2 Å². The van der Waals surface area contributed by atoms with Gasteiger partial charge in [0.05, 0.1) is 11.3 Å². The summed E-state index contributed by atoms with van der Waals surface area (Å²) in [6.07, 6.45) is 11.0. The molecule has 1 fully saturated rings. The summed E-state index contributed by atoms with van der Waals surface area (Å²) in [4.78, 5) is 24.1. The van der Waals surface area contributed by atoms with E-state index in [-0.39, 0.29) is 11.7 Å². The average molecular weight is 347 g/mol. The number of anilines is 1. The van der Waals surface area contributed by atoms with Crippen molar-refractivity contribution in [2.45, 2.75) is 45.1 Å². The molecule has 0 saturated carbocycles. The van der Waals surface area contributed by atoms with E-state index < -0.39 is 0 Å². The third-order valence-corrected chi connectivity index (χ3v) is 5.48. The van der Waals surface area contributed by atoms with Crippen LogP contribution >= 0.6 is 0 Å². The van der Waals surface area contributed by atoms with Gasteiger partial charge in [-0.1, -0.05) is 42.5 Å². The molecular weight excluding hydrogens is 322 g/mol. The molecule has 26 heavy (non-hydrogen) atoms. The summed E-state index contributed by atoms with van der Waals surface area (Å²) in [5.74, 6) is 1.15. The molecule has 4 heteroatoms. The van der Waals surface area contributed by atoms with Crippen molar-refractivity contribution in [2.24, 2.45) is 5.92 Å². The van der Waals surface area contributed by atoms with Crippen molar-refractivity contribution < 1.29 is 4.79 Å². The van der Waals surface area contributed by atoms with Crippen LogP contribution < -0.4 is 4.90 Å². The van der Waals surface area contributed by atoms with Gasteiger partial charge in [0.15, 0.2) is 5.78 Å². The minimum Gasteiger partial charge on any atom is -0.338 e. The van der Waals surface area contributed by atoms with Crippen LogP contribution in [0.3, 0.4) is 0 Å². The molecule has 1 aromatic heterocycles. The number of aromatic nitrogens is 2. The molecule has 0 unspecified atom stereocenters. The number of Topliss-reactive ketones (excluding diaryl/α,β-unsaturated/α-hetero) is 1. The second-order valence-corrected chi connectivity index (χ2v) is 7.43. The molecule has 1 aliphatic carbocycles. The number of carbonyl (C=O) groups is 1. The van der Waals surface area contributed by atoms with Crippen molar-refractivity contribution >= 4 is 17.8 Å². The molecule has 4 nitrogen and oxygen atoms in total. The zero-order chi connectivity index (χ0) is 17.9. The molecule has 1 aromatic carbocycles. The first-order valence-electron chi connectivity index (χ1n) is 9.60. The molecule has 0 spiro atoms. The normalized spacial score (nSPS) is 23.3. The minimum atomic E-state index is 0.159. The van der Waals surface area contributed by atoms with E-state index in [2.05, 4.69) is 41.1 Å². The van der Waals surface area contributed by atoms with Crippen molar-refractivity contribution in [3.05, 3.63) is 59.4 Å². The Labute approximate surface area is 155 Å². The highest BCUT2D eigenvalue weighted by molar-refractivity contribution is 5.98. The largest absolute Gasteiger partial charge is 0.338 e. The van der Waals surface area contributed by atoms with Gasteiger partial charge in [-0.25, -0.2) is 9.97 Å². The molecule has 1 aliphatic heterocycles. The van der Waals surface area contributed by atoms with Crippen LogP contribution in [-0.2, 0) is 6.42 Å². The van der Waals surface area contributed by atoms with E-state index in [1.807, 2.05) is 18.2 Å². The number of allylic oxidation sites excluding steroid dienone is 1. The molecule has 2 aliphatic rings.